The first-order valence-electron chi connectivity index (χ1n) is 13.1. The number of carboxylic acid groups (broad SMARTS) is 1. The van der Waals surface area contributed by atoms with Gasteiger partial charge in [0.2, 0.25) is 0 Å². The Morgan fingerprint density at radius 2 is 1.81 bits per heavy atom. The first-order chi connectivity index (χ1) is 22.6. The lowest BCUT2D eigenvalue weighted by Crippen LogP contribution is -2.68. The van der Waals surface area contributed by atoms with Crippen molar-refractivity contribution >= 4 is 79.0 Å². The monoisotopic (exact) mass is 706 g/mol. The van der Waals surface area contributed by atoms with Gasteiger partial charge in [-0.2, -0.15) is 8.42 Å². The second-order valence-electron chi connectivity index (χ2n) is 9.75. The molecule has 24 heteroatoms. The Balaban J connectivity index is 1.21. The molecule has 252 valence electrons. The number of phenolic OH excluding ortho intramolecular Hbond substituents is 2. The van der Waals surface area contributed by atoms with Crippen molar-refractivity contribution < 1.29 is 57.3 Å². The number of hydrogen-bond donors (Lipinski definition) is 7. The van der Waals surface area contributed by atoms with E-state index in [1.165, 1.54) is 12.5 Å². The normalized spacial score (nSPS) is 16.5. The number of likely N-dealkylation sites (tertiary alicyclic amines) is 1. The molecule has 1 atom stereocenters. The predicted octanol–water partition coefficient (Wildman–Crippen LogP) is -1.90. The van der Waals surface area contributed by atoms with E-state index in [2.05, 4.69) is 30.7 Å². The number of aromatic nitrogens is 2. The zero-order valence-electron chi connectivity index (χ0n) is 24.1. The number of aromatic hydroxyl groups is 2. The van der Waals surface area contributed by atoms with Crippen molar-refractivity contribution in [2.75, 3.05) is 32.5 Å². The Kier molecular flexibility index (Phi) is 8.60. The van der Waals surface area contributed by atoms with Gasteiger partial charge in [-0.25, -0.2) is 38.4 Å². The Bertz CT molecular complexity index is 2050. The van der Waals surface area contributed by atoms with E-state index >= 15 is 0 Å². The minimum atomic E-state index is -4.94. The molecular formula is C24H22N10O12S2. The van der Waals surface area contributed by atoms with Crippen LogP contribution in [0.5, 0.6) is 11.5 Å². The van der Waals surface area contributed by atoms with Gasteiger partial charge in [-0.3, -0.25) is 24.7 Å². The lowest BCUT2D eigenvalue weighted by atomic mass is 10.1. The SMILES string of the molecule is CON=C(C(=O)N[C@H]1CN(C(=O)NS(=O)(=O)N2CCN(NC(=O)c3cc4cc(O)c(O)cc4nc3C(=O)O)C2=O)C1=O)c1csc(N)n1. The van der Waals surface area contributed by atoms with E-state index in [9.17, 15) is 52.5 Å². The molecule has 1 aromatic carbocycles. The number of nitrogen functional groups attached to an aromatic ring is 1. The standard InChI is InChI=1S/C24H22N10O12S2/c1-46-30-17(13-8-47-22(25)28-13)19(38)27-12-7-32(20(12)39)23(42)31-48(44,45)34-3-2-33(24(34)43)29-18(37)10-4-9-5-14(35)15(36)6-11(9)26-16(10)21(40)41/h4-6,8,12,35-36H,2-3,7H2,1H3,(H2,25,28)(H,27,38)(H,29,37)(H,31,42)(H,40,41)/t12-/m0/s1. The van der Waals surface area contributed by atoms with E-state index in [0.29, 0.717) is 9.91 Å². The number of fused-ring (bicyclic) bond motifs is 1. The molecule has 0 saturated carbocycles. The summed E-state index contributed by atoms with van der Waals surface area (Å²) in [5.74, 6) is -5.91. The molecule has 2 aromatic heterocycles. The van der Waals surface area contributed by atoms with Gasteiger partial charge in [-0.15, -0.1) is 11.3 Å². The largest absolute Gasteiger partial charge is 0.504 e. The number of aromatic carboxylic acids is 1. The van der Waals surface area contributed by atoms with E-state index in [1.807, 2.05) is 0 Å². The maximum atomic E-state index is 13.0. The predicted molar refractivity (Wildman–Crippen MR) is 159 cm³/mol. The highest BCUT2D eigenvalue weighted by Crippen LogP contribution is 2.30. The minimum absolute atomic E-state index is 0.0515. The van der Waals surface area contributed by atoms with Crippen LogP contribution in [0, 0.1) is 0 Å². The Morgan fingerprint density at radius 3 is 2.44 bits per heavy atom. The zero-order valence-corrected chi connectivity index (χ0v) is 25.7. The van der Waals surface area contributed by atoms with E-state index in [4.69, 9.17) is 5.73 Å². The molecule has 0 spiro atoms. The number of amides is 7. The molecule has 22 nitrogen and oxygen atoms in total. The summed E-state index contributed by atoms with van der Waals surface area (Å²) in [5, 5.41) is 37.0. The zero-order chi connectivity index (χ0) is 35.1. The molecule has 48 heavy (non-hydrogen) atoms. The third kappa shape index (κ3) is 6.23. The van der Waals surface area contributed by atoms with Crippen LogP contribution in [0.1, 0.15) is 26.5 Å². The average Bonchev–Trinajstić information content (AvgIpc) is 3.62. The van der Waals surface area contributed by atoms with Crippen molar-refractivity contribution in [1.29, 1.82) is 0 Å². The minimum Gasteiger partial charge on any atom is -0.504 e. The number of urea groups is 2. The molecule has 3 aromatic rings. The summed E-state index contributed by atoms with van der Waals surface area (Å²) in [7, 11) is -3.78. The second kappa shape index (κ2) is 12.5. The molecule has 2 fully saturated rings. The van der Waals surface area contributed by atoms with E-state index in [0.717, 1.165) is 29.5 Å². The van der Waals surface area contributed by atoms with Gasteiger partial charge in [0, 0.05) is 16.8 Å². The Hall–Kier alpha value is -6.30. The third-order valence-electron chi connectivity index (χ3n) is 6.71. The van der Waals surface area contributed by atoms with E-state index in [1.54, 1.807) is 4.72 Å². The summed E-state index contributed by atoms with van der Waals surface area (Å²) in [4.78, 5) is 88.3. The summed E-state index contributed by atoms with van der Waals surface area (Å²) in [6, 6.07) is -1.03. The summed E-state index contributed by atoms with van der Waals surface area (Å²) < 4.78 is 27.5. The number of β-lactam (4-membered cyclic amide) rings is 1. The van der Waals surface area contributed by atoms with Gasteiger partial charge in [-0.05, 0) is 12.1 Å². The van der Waals surface area contributed by atoms with Crippen molar-refractivity contribution in [3.8, 4) is 11.5 Å². The van der Waals surface area contributed by atoms with E-state index in [-0.39, 0.29) is 31.7 Å². The lowest BCUT2D eigenvalue weighted by Gasteiger charge is -2.36. The highest BCUT2D eigenvalue weighted by atomic mass is 32.2. The molecule has 0 bridgehead atoms. The number of benzene rings is 1. The van der Waals surface area contributed by atoms with Crippen LogP contribution in [0.4, 0.5) is 14.7 Å². The number of hydrazine groups is 1. The quantitative estimate of drug-likeness (QED) is 0.0553. The number of rotatable bonds is 9. The fourth-order valence-electron chi connectivity index (χ4n) is 4.42. The number of imide groups is 1. The van der Waals surface area contributed by atoms with Gasteiger partial charge in [0.25, 0.3) is 17.7 Å². The molecule has 0 unspecified atom stereocenters. The number of carbonyl (C=O) groups is 6. The number of carbonyl (C=O) groups excluding carboxylic acids is 5. The van der Waals surface area contributed by atoms with Crippen molar-refractivity contribution in [2.24, 2.45) is 5.16 Å². The molecule has 4 heterocycles. The first-order valence-corrected chi connectivity index (χ1v) is 15.4. The number of nitrogens with zero attached hydrogens (tertiary/aromatic N) is 6. The van der Waals surface area contributed by atoms with Crippen LogP contribution in [0.3, 0.4) is 0 Å². The number of oxime groups is 1. The number of nitrogens with one attached hydrogen (secondary N) is 3. The molecule has 0 aliphatic carbocycles. The molecule has 2 saturated heterocycles. The molecule has 0 radical (unpaired) electrons. The molecule has 7 amide bonds. The number of nitrogens with two attached hydrogens (primary N) is 1. The van der Waals surface area contributed by atoms with Gasteiger partial charge in [-0.1, -0.05) is 5.16 Å². The van der Waals surface area contributed by atoms with Crippen LogP contribution >= 0.6 is 11.3 Å². The number of anilines is 1. The van der Waals surface area contributed by atoms with Crippen LogP contribution in [-0.4, -0.2) is 122 Å². The highest BCUT2D eigenvalue weighted by molar-refractivity contribution is 7.88. The van der Waals surface area contributed by atoms with Gasteiger partial charge in [0.05, 0.1) is 30.7 Å². The fourth-order valence-corrected chi connectivity index (χ4v) is 6.03. The number of hydrogen-bond acceptors (Lipinski definition) is 16. The molecule has 5 rings (SSSR count). The smallest absolute Gasteiger partial charge is 0.355 e. The van der Waals surface area contributed by atoms with Gasteiger partial charge < -0.3 is 31.2 Å². The number of pyridine rings is 1. The summed E-state index contributed by atoms with van der Waals surface area (Å²) in [6.45, 7) is -1.47. The van der Waals surface area contributed by atoms with Gasteiger partial charge in [0.1, 0.15) is 18.8 Å². The van der Waals surface area contributed by atoms with Crippen molar-refractivity contribution in [1.82, 2.24) is 39.6 Å². The second-order valence-corrected chi connectivity index (χ2v) is 12.2. The first kappa shape index (κ1) is 33.1. The van der Waals surface area contributed by atoms with Crippen molar-refractivity contribution in [2.45, 2.75) is 6.04 Å². The Morgan fingerprint density at radius 1 is 1.10 bits per heavy atom. The maximum absolute atomic E-state index is 13.0. The average molecular weight is 707 g/mol. The van der Waals surface area contributed by atoms with Gasteiger partial charge >= 0.3 is 28.2 Å². The molecule has 8 N–H and O–H groups in total. The van der Waals surface area contributed by atoms with Crippen LogP contribution in [0.25, 0.3) is 10.9 Å². The molecular weight excluding hydrogens is 684 g/mol. The van der Waals surface area contributed by atoms with Crippen molar-refractivity contribution in [3.63, 3.8) is 0 Å². The van der Waals surface area contributed by atoms with Crippen LogP contribution in [-0.2, 0) is 24.6 Å². The summed E-state index contributed by atoms with van der Waals surface area (Å²) in [6.07, 6.45) is 0. The summed E-state index contributed by atoms with van der Waals surface area (Å²) >= 11 is 1.01. The third-order valence-corrected chi connectivity index (χ3v) is 8.74. The topological polar surface area (TPSA) is 316 Å². The lowest BCUT2D eigenvalue weighted by molar-refractivity contribution is -0.141. The number of thiazole rings is 1. The van der Waals surface area contributed by atoms with Crippen LogP contribution < -0.4 is 21.2 Å². The van der Waals surface area contributed by atoms with Crippen LogP contribution in [0.15, 0.2) is 28.7 Å². The van der Waals surface area contributed by atoms with Crippen LogP contribution in [0.2, 0.25) is 0 Å². The number of phenols is 2. The highest BCUT2D eigenvalue weighted by Gasteiger charge is 2.46. The molecule has 2 aliphatic heterocycles. The fraction of sp³-hybridized carbons (Fsp3) is 0.208. The number of carboxylic acids is 1. The Labute approximate surface area is 271 Å². The maximum Gasteiger partial charge on any atom is 0.355 e. The van der Waals surface area contributed by atoms with Gasteiger partial charge in [0.15, 0.2) is 28.0 Å². The summed E-state index contributed by atoms with van der Waals surface area (Å²) in [5.41, 5.74) is 5.95. The molecule has 2 aliphatic rings. The van der Waals surface area contributed by atoms with E-state index < -0.39 is 94.4 Å². The van der Waals surface area contributed by atoms with Crippen molar-refractivity contribution in [3.05, 3.63) is 40.5 Å².